The maximum atomic E-state index is 12.2. The van der Waals surface area contributed by atoms with Crippen LogP contribution in [0.3, 0.4) is 0 Å². The van der Waals surface area contributed by atoms with Gasteiger partial charge in [-0.25, -0.2) is 0 Å². The molecular weight excluding hydrogens is 308 g/mol. The van der Waals surface area contributed by atoms with Gasteiger partial charge < -0.3 is 15.4 Å². The number of ether oxygens (including phenoxy) is 1. The summed E-state index contributed by atoms with van der Waals surface area (Å²) in [5, 5.41) is 0. The highest BCUT2D eigenvalue weighted by Crippen LogP contribution is 2.27. The third-order valence-corrected chi connectivity index (χ3v) is 3.89. The van der Waals surface area contributed by atoms with Crippen LogP contribution in [0.25, 0.3) is 0 Å². The molecule has 1 aliphatic rings. The number of amides is 1. The Balaban J connectivity index is 2.00. The van der Waals surface area contributed by atoms with Crippen molar-refractivity contribution >= 4 is 21.8 Å². The minimum atomic E-state index is -0.496. The highest BCUT2D eigenvalue weighted by atomic mass is 79.9. The molecule has 2 atom stereocenters. The Hall–Kier alpha value is -1.07. The summed E-state index contributed by atoms with van der Waals surface area (Å²) in [5.74, 6) is 0.690. The van der Waals surface area contributed by atoms with Crippen molar-refractivity contribution < 1.29 is 9.53 Å². The largest absolute Gasteiger partial charge is 0.480 e. The van der Waals surface area contributed by atoms with Crippen molar-refractivity contribution in [2.75, 3.05) is 13.1 Å². The Labute approximate surface area is 122 Å². The van der Waals surface area contributed by atoms with Crippen molar-refractivity contribution in [1.29, 1.82) is 0 Å². The number of benzene rings is 1. The molecule has 0 aromatic heterocycles. The van der Waals surface area contributed by atoms with E-state index in [1.54, 1.807) is 11.8 Å². The monoisotopic (exact) mass is 326 g/mol. The molecule has 1 heterocycles. The molecule has 0 radical (unpaired) electrons. The van der Waals surface area contributed by atoms with E-state index in [2.05, 4.69) is 15.9 Å². The summed E-state index contributed by atoms with van der Waals surface area (Å²) in [7, 11) is 0. The van der Waals surface area contributed by atoms with Gasteiger partial charge in [-0.1, -0.05) is 6.07 Å². The van der Waals surface area contributed by atoms with Crippen LogP contribution in [0.4, 0.5) is 0 Å². The maximum absolute atomic E-state index is 12.2. The van der Waals surface area contributed by atoms with Gasteiger partial charge in [0.25, 0.3) is 5.91 Å². The summed E-state index contributed by atoms with van der Waals surface area (Å²) < 4.78 is 6.60. The van der Waals surface area contributed by atoms with Gasteiger partial charge >= 0.3 is 0 Å². The van der Waals surface area contributed by atoms with Crippen LogP contribution in [0.15, 0.2) is 22.7 Å². The summed E-state index contributed by atoms with van der Waals surface area (Å²) in [5.41, 5.74) is 6.96. The van der Waals surface area contributed by atoms with E-state index in [9.17, 15) is 4.79 Å². The molecule has 5 heteroatoms. The first-order chi connectivity index (χ1) is 8.97. The highest BCUT2D eigenvalue weighted by Gasteiger charge is 2.28. The van der Waals surface area contributed by atoms with Crippen molar-refractivity contribution in [1.82, 2.24) is 4.90 Å². The SMILES string of the molecule is Cc1ccc(O[C@@H](C)C(=O)N2CC[C@H](N)C2)c(Br)c1. The minimum absolute atomic E-state index is 0.000394. The summed E-state index contributed by atoms with van der Waals surface area (Å²) in [6, 6.07) is 5.91. The fraction of sp³-hybridized carbons (Fsp3) is 0.500. The van der Waals surface area contributed by atoms with Crippen LogP contribution < -0.4 is 10.5 Å². The fourth-order valence-corrected chi connectivity index (χ4v) is 2.77. The number of rotatable bonds is 3. The lowest BCUT2D eigenvalue weighted by atomic mass is 10.2. The molecule has 0 spiro atoms. The molecule has 1 aliphatic heterocycles. The van der Waals surface area contributed by atoms with Crippen molar-refractivity contribution in [2.45, 2.75) is 32.4 Å². The fourth-order valence-electron chi connectivity index (χ4n) is 2.19. The number of nitrogens with zero attached hydrogens (tertiary/aromatic N) is 1. The predicted octanol–water partition coefficient (Wildman–Crippen LogP) is 2.08. The van der Waals surface area contributed by atoms with Gasteiger partial charge in [0, 0.05) is 19.1 Å². The summed E-state index contributed by atoms with van der Waals surface area (Å²) >= 11 is 3.45. The molecule has 0 aliphatic carbocycles. The zero-order valence-electron chi connectivity index (χ0n) is 11.2. The molecule has 0 bridgehead atoms. The summed E-state index contributed by atoms with van der Waals surface area (Å²) in [4.78, 5) is 14.0. The van der Waals surface area contributed by atoms with Crippen LogP contribution in [0.1, 0.15) is 18.9 Å². The van der Waals surface area contributed by atoms with Crippen molar-refractivity contribution in [3.8, 4) is 5.75 Å². The van der Waals surface area contributed by atoms with Crippen LogP contribution in [0.2, 0.25) is 0 Å². The molecule has 0 saturated carbocycles. The Morgan fingerprint density at radius 3 is 2.89 bits per heavy atom. The zero-order valence-corrected chi connectivity index (χ0v) is 12.8. The molecule has 1 aromatic carbocycles. The van der Waals surface area contributed by atoms with Gasteiger partial charge in [0.1, 0.15) is 5.75 Å². The second-order valence-corrected chi connectivity index (χ2v) is 5.88. The van der Waals surface area contributed by atoms with Crippen LogP contribution in [-0.2, 0) is 4.79 Å². The first-order valence-electron chi connectivity index (χ1n) is 6.44. The number of carbonyl (C=O) groups excluding carboxylic acids is 1. The maximum Gasteiger partial charge on any atom is 0.263 e. The Bertz CT molecular complexity index is 479. The molecule has 4 nitrogen and oxygen atoms in total. The number of halogens is 1. The topological polar surface area (TPSA) is 55.6 Å². The molecule has 0 unspecified atom stereocenters. The Morgan fingerprint density at radius 1 is 1.58 bits per heavy atom. The van der Waals surface area contributed by atoms with E-state index in [1.807, 2.05) is 25.1 Å². The summed E-state index contributed by atoms with van der Waals surface area (Å²) in [6.45, 7) is 5.14. The molecule has 1 aromatic rings. The normalized spacial score (nSPS) is 20.4. The average molecular weight is 327 g/mol. The van der Waals surface area contributed by atoms with Crippen LogP contribution in [-0.4, -0.2) is 36.0 Å². The zero-order chi connectivity index (χ0) is 14.0. The van der Waals surface area contributed by atoms with Gasteiger partial charge in [-0.2, -0.15) is 0 Å². The standard InChI is InChI=1S/C14H19BrN2O2/c1-9-3-4-13(12(15)7-9)19-10(2)14(18)17-6-5-11(16)8-17/h3-4,7,10-11H,5-6,8,16H2,1-2H3/t10-,11-/m0/s1. The first kappa shape index (κ1) is 14.3. The van der Waals surface area contributed by atoms with Gasteiger partial charge in [0.05, 0.1) is 4.47 Å². The molecule has 1 saturated heterocycles. The molecule has 2 rings (SSSR count). The molecular formula is C14H19BrN2O2. The van der Waals surface area contributed by atoms with Crippen molar-refractivity contribution in [3.63, 3.8) is 0 Å². The van der Waals surface area contributed by atoms with Crippen molar-refractivity contribution in [2.24, 2.45) is 5.73 Å². The van der Waals surface area contributed by atoms with E-state index in [1.165, 1.54) is 0 Å². The van der Waals surface area contributed by atoms with E-state index < -0.39 is 6.10 Å². The lowest BCUT2D eigenvalue weighted by Crippen LogP contribution is -2.40. The van der Waals surface area contributed by atoms with E-state index >= 15 is 0 Å². The van der Waals surface area contributed by atoms with E-state index in [-0.39, 0.29) is 11.9 Å². The quantitative estimate of drug-likeness (QED) is 0.925. The molecule has 2 N–H and O–H groups in total. The smallest absolute Gasteiger partial charge is 0.263 e. The van der Waals surface area contributed by atoms with Gasteiger partial charge in [-0.3, -0.25) is 4.79 Å². The van der Waals surface area contributed by atoms with Gasteiger partial charge in [0.2, 0.25) is 0 Å². The highest BCUT2D eigenvalue weighted by molar-refractivity contribution is 9.10. The van der Waals surface area contributed by atoms with E-state index in [0.29, 0.717) is 12.3 Å². The van der Waals surface area contributed by atoms with Gasteiger partial charge in [0.15, 0.2) is 6.10 Å². The molecule has 19 heavy (non-hydrogen) atoms. The number of aryl methyl sites for hydroxylation is 1. The third-order valence-electron chi connectivity index (χ3n) is 3.28. The summed E-state index contributed by atoms with van der Waals surface area (Å²) in [6.07, 6.45) is 0.372. The number of hydrogen-bond donors (Lipinski definition) is 1. The predicted molar refractivity (Wildman–Crippen MR) is 78.1 cm³/mol. The second-order valence-electron chi connectivity index (χ2n) is 5.03. The average Bonchev–Trinajstić information content (AvgIpc) is 2.78. The minimum Gasteiger partial charge on any atom is -0.480 e. The van der Waals surface area contributed by atoms with E-state index in [4.69, 9.17) is 10.5 Å². The number of hydrogen-bond acceptors (Lipinski definition) is 3. The number of nitrogens with two attached hydrogens (primary N) is 1. The third kappa shape index (κ3) is 3.48. The molecule has 1 amide bonds. The first-order valence-corrected chi connectivity index (χ1v) is 7.24. The van der Waals surface area contributed by atoms with Crippen LogP contribution in [0.5, 0.6) is 5.75 Å². The molecule has 1 fully saturated rings. The Morgan fingerprint density at radius 2 is 2.32 bits per heavy atom. The van der Waals surface area contributed by atoms with E-state index in [0.717, 1.165) is 23.0 Å². The van der Waals surface area contributed by atoms with Crippen LogP contribution >= 0.6 is 15.9 Å². The van der Waals surface area contributed by atoms with Crippen LogP contribution in [0, 0.1) is 6.92 Å². The lowest BCUT2D eigenvalue weighted by molar-refractivity contribution is -0.136. The second kappa shape index (κ2) is 5.92. The Kier molecular flexibility index (Phi) is 4.47. The molecule has 104 valence electrons. The van der Waals surface area contributed by atoms with Crippen molar-refractivity contribution in [3.05, 3.63) is 28.2 Å². The van der Waals surface area contributed by atoms with Gasteiger partial charge in [-0.15, -0.1) is 0 Å². The lowest BCUT2D eigenvalue weighted by Gasteiger charge is -2.22. The number of likely N-dealkylation sites (tertiary alicyclic amines) is 1. The number of carbonyl (C=O) groups is 1. The van der Waals surface area contributed by atoms with Gasteiger partial charge in [-0.05, 0) is 53.9 Å².